The fraction of sp³-hybridized carbons (Fsp3) is 1.00. The molecule has 4 fully saturated rings. The lowest BCUT2D eigenvalue weighted by Gasteiger charge is -2.59. The van der Waals surface area contributed by atoms with Crippen LogP contribution in [0.1, 0.15) is 51.9 Å². The van der Waals surface area contributed by atoms with Crippen LogP contribution in [-0.2, 0) is 0 Å². The normalized spacial score (nSPS) is 43.4. The van der Waals surface area contributed by atoms with Gasteiger partial charge in [-0.15, -0.1) is 0 Å². The summed E-state index contributed by atoms with van der Waals surface area (Å²) in [5.41, 5.74) is 7.12. The van der Waals surface area contributed by atoms with Gasteiger partial charge in [0.25, 0.3) is 0 Å². The molecule has 4 bridgehead atoms. The van der Waals surface area contributed by atoms with E-state index >= 15 is 0 Å². The third-order valence-electron chi connectivity index (χ3n) is 5.97. The largest absolute Gasteiger partial charge is 0.396 e. The molecule has 4 saturated carbocycles. The Kier molecular flexibility index (Phi) is 4.17. The second-order valence-corrected chi connectivity index (χ2v) is 9.01. The van der Waals surface area contributed by atoms with Gasteiger partial charge in [-0.1, -0.05) is 6.92 Å². The highest BCUT2D eigenvalue weighted by Crippen LogP contribution is 2.61. The average molecular weight is 283 g/mol. The van der Waals surface area contributed by atoms with Crippen LogP contribution in [0, 0.1) is 23.2 Å². The summed E-state index contributed by atoms with van der Waals surface area (Å²) in [4.78, 5) is 0. The Morgan fingerprint density at radius 1 is 1.16 bits per heavy atom. The summed E-state index contributed by atoms with van der Waals surface area (Å²) < 4.78 is 0. The molecule has 0 amide bonds. The van der Waals surface area contributed by atoms with Gasteiger partial charge in [-0.05, 0) is 68.1 Å². The maximum atomic E-state index is 8.99. The van der Waals surface area contributed by atoms with Crippen molar-refractivity contribution in [2.24, 2.45) is 28.9 Å². The van der Waals surface area contributed by atoms with Crippen molar-refractivity contribution in [2.45, 2.75) is 63.2 Å². The second-order valence-electron chi connectivity index (χ2n) is 7.54. The van der Waals surface area contributed by atoms with E-state index in [0.29, 0.717) is 23.3 Å². The monoisotopic (exact) mass is 283 g/mol. The molecule has 0 aromatic rings. The first-order valence-electron chi connectivity index (χ1n) is 8.09. The van der Waals surface area contributed by atoms with Gasteiger partial charge < -0.3 is 10.8 Å². The Morgan fingerprint density at radius 2 is 1.68 bits per heavy atom. The molecule has 4 aliphatic carbocycles. The van der Waals surface area contributed by atoms with Crippen LogP contribution in [0.5, 0.6) is 0 Å². The van der Waals surface area contributed by atoms with Gasteiger partial charge in [-0.25, -0.2) is 0 Å². The Morgan fingerprint density at radius 3 is 2.16 bits per heavy atom. The van der Waals surface area contributed by atoms with Crippen molar-refractivity contribution in [2.75, 3.05) is 12.4 Å². The minimum atomic E-state index is 0.306. The SMILES string of the molecule is CC(CCO)SCC(N)C12CC3CC(CC(C3)C1)C2. The lowest BCUT2D eigenvalue weighted by molar-refractivity contribution is -0.0629. The summed E-state index contributed by atoms with van der Waals surface area (Å²) in [7, 11) is 0. The Balaban J connectivity index is 1.58. The number of hydrogen-bond acceptors (Lipinski definition) is 3. The van der Waals surface area contributed by atoms with Crippen molar-refractivity contribution in [3.63, 3.8) is 0 Å². The highest BCUT2D eigenvalue weighted by atomic mass is 32.2. The molecule has 4 rings (SSSR count). The number of thioether (sulfide) groups is 1. The molecule has 110 valence electrons. The van der Waals surface area contributed by atoms with Gasteiger partial charge in [0, 0.05) is 23.7 Å². The van der Waals surface area contributed by atoms with Crippen molar-refractivity contribution < 1.29 is 5.11 Å². The van der Waals surface area contributed by atoms with E-state index < -0.39 is 0 Å². The van der Waals surface area contributed by atoms with E-state index in [9.17, 15) is 0 Å². The predicted octanol–water partition coefficient (Wildman–Crippen LogP) is 3.03. The molecule has 2 unspecified atom stereocenters. The van der Waals surface area contributed by atoms with Crippen molar-refractivity contribution in [3.8, 4) is 0 Å². The first kappa shape index (κ1) is 14.2. The van der Waals surface area contributed by atoms with Crippen LogP contribution in [0.15, 0.2) is 0 Å². The van der Waals surface area contributed by atoms with Crippen LogP contribution >= 0.6 is 11.8 Å². The fourth-order valence-electron chi connectivity index (χ4n) is 5.34. The van der Waals surface area contributed by atoms with Crippen molar-refractivity contribution in [1.29, 1.82) is 0 Å². The molecule has 2 nitrogen and oxygen atoms in total. The smallest absolute Gasteiger partial charge is 0.0441 e. The molecule has 0 saturated heterocycles. The summed E-state index contributed by atoms with van der Waals surface area (Å²) in [5, 5.41) is 9.53. The number of rotatable bonds is 6. The summed E-state index contributed by atoms with van der Waals surface area (Å²) >= 11 is 1.97. The molecule has 0 radical (unpaired) electrons. The van der Waals surface area contributed by atoms with Gasteiger partial charge in [0.2, 0.25) is 0 Å². The Labute approximate surface area is 121 Å². The zero-order valence-electron chi connectivity index (χ0n) is 12.2. The van der Waals surface area contributed by atoms with E-state index in [1.165, 1.54) is 38.5 Å². The van der Waals surface area contributed by atoms with Gasteiger partial charge in [0.15, 0.2) is 0 Å². The molecule has 0 aromatic carbocycles. The number of aliphatic hydroxyl groups excluding tert-OH is 1. The van der Waals surface area contributed by atoms with Gasteiger partial charge in [0.05, 0.1) is 0 Å². The van der Waals surface area contributed by atoms with Crippen LogP contribution in [0.4, 0.5) is 0 Å². The lowest BCUT2D eigenvalue weighted by atomic mass is 9.48. The number of nitrogens with two attached hydrogens (primary N) is 1. The quantitative estimate of drug-likeness (QED) is 0.787. The first-order valence-corrected chi connectivity index (χ1v) is 9.14. The highest BCUT2D eigenvalue weighted by Gasteiger charge is 2.53. The number of aliphatic hydroxyl groups is 1. The zero-order valence-corrected chi connectivity index (χ0v) is 13.0. The van der Waals surface area contributed by atoms with Crippen LogP contribution in [-0.4, -0.2) is 28.8 Å². The van der Waals surface area contributed by atoms with Crippen LogP contribution < -0.4 is 5.73 Å². The molecule has 0 aromatic heterocycles. The number of hydrogen-bond donors (Lipinski definition) is 2. The zero-order chi connectivity index (χ0) is 13.5. The summed E-state index contributed by atoms with van der Waals surface area (Å²) in [6.45, 7) is 2.52. The van der Waals surface area contributed by atoms with Crippen LogP contribution in [0.3, 0.4) is 0 Å². The molecule has 0 aliphatic heterocycles. The van der Waals surface area contributed by atoms with E-state index in [1.807, 2.05) is 11.8 Å². The predicted molar refractivity (Wildman–Crippen MR) is 82.2 cm³/mol. The van der Waals surface area contributed by atoms with Crippen LogP contribution in [0.25, 0.3) is 0 Å². The van der Waals surface area contributed by atoms with E-state index in [-0.39, 0.29) is 0 Å². The van der Waals surface area contributed by atoms with E-state index in [1.54, 1.807) is 0 Å². The van der Waals surface area contributed by atoms with Gasteiger partial charge >= 0.3 is 0 Å². The van der Waals surface area contributed by atoms with Crippen LogP contribution in [0.2, 0.25) is 0 Å². The molecule has 0 heterocycles. The summed E-state index contributed by atoms with van der Waals surface area (Å²) in [6.07, 6.45) is 9.64. The van der Waals surface area contributed by atoms with E-state index in [4.69, 9.17) is 10.8 Å². The van der Waals surface area contributed by atoms with Gasteiger partial charge in [0.1, 0.15) is 0 Å². The fourth-order valence-corrected chi connectivity index (χ4v) is 6.50. The summed E-state index contributed by atoms with van der Waals surface area (Å²) in [6, 6.07) is 0.382. The standard InChI is InChI=1S/C16H29NOS/c1-11(2-3-18)19-10-15(17)16-7-12-4-13(8-16)6-14(5-12)9-16/h11-15,18H,2-10,17H2,1H3. The molecule has 19 heavy (non-hydrogen) atoms. The molecule has 3 heteroatoms. The molecule has 2 atom stereocenters. The van der Waals surface area contributed by atoms with Crippen molar-refractivity contribution in [1.82, 2.24) is 0 Å². The average Bonchev–Trinajstić information content (AvgIpc) is 2.34. The van der Waals surface area contributed by atoms with Gasteiger partial charge in [-0.2, -0.15) is 11.8 Å². The molecule has 0 spiro atoms. The molecular formula is C16H29NOS. The molecular weight excluding hydrogens is 254 g/mol. The Bertz CT molecular complexity index is 285. The lowest BCUT2D eigenvalue weighted by Crippen LogP contribution is -2.55. The maximum Gasteiger partial charge on any atom is 0.0441 e. The molecule has 4 aliphatic rings. The van der Waals surface area contributed by atoms with Gasteiger partial charge in [-0.3, -0.25) is 0 Å². The minimum Gasteiger partial charge on any atom is -0.396 e. The van der Waals surface area contributed by atoms with Crippen molar-refractivity contribution >= 4 is 11.8 Å². The third-order valence-corrected chi connectivity index (χ3v) is 7.32. The first-order chi connectivity index (χ1) is 9.11. The Hall–Kier alpha value is 0.270. The second kappa shape index (κ2) is 5.57. The third kappa shape index (κ3) is 2.84. The van der Waals surface area contributed by atoms with E-state index in [2.05, 4.69) is 6.92 Å². The van der Waals surface area contributed by atoms with E-state index in [0.717, 1.165) is 29.9 Å². The summed E-state index contributed by atoms with van der Waals surface area (Å²) in [5.74, 6) is 4.08. The molecule has 3 N–H and O–H groups in total. The highest BCUT2D eigenvalue weighted by molar-refractivity contribution is 7.99. The minimum absolute atomic E-state index is 0.306. The topological polar surface area (TPSA) is 46.2 Å². The maximum absolute atomic E-state index is 8.99. The van der Waals surface area contributed by atoms with Crippen molar-refractivity contribution in [3.05, 3.63) is 0 Å².